The van der Waals surface area contributed by atoms with Gasteiger partial charge in [-0.15, -0.1) is 0 Å². The summed E-state index contributed by atoms with van der Waals surface area (Å²) in [6.45, 7) is 8.57. The molecule has 0 bridgehead atoms. The molecular formula is C28H36FN5O3. The van der Waals surface area contributed by atoms with Gasteiger partial charge in [-0.2, -0.15) is 5.10 Å². The van der Waals surface area contributed by atoms with E-state index in [9.17, 15) is 19.1 Å². The zero-order valence-corrected chi connectivity index (χ0v) is 21.7. The van der Waals surface area contributed by atoms with Crippen molar-refractivity contribution in [3.8, 4) is 0 Å². The molecule has 0 aliphatic carbocycles. The zero-order valence-electron chi connectivity index (χ0n) is 21.7. The SMILES string of the molecule is CC(C)(C)[C@H](NC(=O)c1nn(Cc2ccc(F)cc2)c2ccccc12)C(=O)NC[C@H](O)CN1CCCC1. The van der Waals surface area contributed by atoms with E-state index in [0.717, 1.165) is 37.0 Å². The fraction of sp³-hybridized carbons (Fsp3) is 0.464. The number of nitrogens with zero attached hydrogens (tertiary/aromatic N) is 3. The van der Waals surface area contributed by atoms with Crippen molar-refractivity contribution >= 4 is 22.7 Å². The maximum Gasteiger partial charge on any atom is 0.273 e. The highest BCUT2D eigenvalue weighted by molar-refractivity contribution is 6.06. The first-order valence-corrected chi connectivity index (χ1v) is 12.8. The third-order valence-corrected chi connectivity index (χ3v) is 6.70. The van der Waals surface area contributed by atoms with E-state index in [-0.39, 0.29) is 24.0 Å². The van der Waals surface area contributed by atoms with Gasteiger partial charge in [0.15, 0.2) is 5.69 Å². The molecule has 1 aliphatic rings. The van der Waals surface area contributed by atoms with E-state index in [4.69, 9.17) is 0 Å². The van der Waals surface area contributed by atoms with Crippen molar-refractivity contribution in [2.24, 2.45) is 5.41 Å². The van der Waals surface area contributed by atoms with Gasteiger partial charge in [0.2, 0.25) is 5.91 Å². The molecule has 0 unspecified atom stereocenters. The first kappa shape index (κ1) is 26.8. The quantitative estimate of drug-likeness (QED) is 0.412. The number of amides is 2. The van der Waals surface area contributed by atoms with E-state index < -0.39 is 23.5 Å². The van der Waals surface area contributed by atoms with Gasteiger partial charge in [0.05, 0.1) is 18.2 Å². The number of carbonyl (C=O) groups excluding carboxylic acids is 2. The van der Waals surface area contributed by atoms with Crippen molar-refractivity contribution in [3.63, 3.8) is 0 Å². The van der Waals surface area contributed by atoms with Crippen LogP contribution in [0.15, 0.2) is 48.5 Å². The molecule has 3 aromatic rings. The molecule has 1 aromatic heterocycles. The lowest BCUT2D eigenvalue weighted by Gasteiger charge is -2.30. The molecule has 2 heterocycles. The predicted molar refractivity (Wildman–Crippen MR) is 141 cm³/mol. The van der Waals surface area contributed by atoms with Crippen LogP contribution < -0.4 is 10.6 Å². The molecular weight excluding hydrogens is 473 g/mol. The highest BCUT2D eigenvalue weighted by atomic mass is 19.1. The van der Waals surface area contributed by atoms with Gasteiger partial charge in [0.1, 0.15) is 11.9 Å². The summed E-state index contributed by atoms with van der Waals surface area (Å²) in [7, 11) is 0. The van der Waals surface area contributed by atoms with Gasteiger partial charge >= 0.3 is 0 Å². The van der Waals surface area contributed by atoms with E-state index in [1.165, 1.54) is 12.1 Å². The Morgan fingerprint density at radius 1 is 1.08 bits per heavy atom. The standard InChI is InChI=1S/C28H36FN5O3/c1-28(2,3)25(27(37)30-16-21(35)18-33-14-6-7-15-33)31-26(36)24-22-8-4-5-9-23(22)34(32-24)17-19-10-12-20(29)13-11-19/h4-5,8-13,21,25,35H,6-7,14-18H2,1-3H3,(H,30,37)(H,31,36)/t21-,25+/m0/s1. The molecule has 2 amide bonds. The Labute approximate surface area is 216 Å². The number of nitrogens with one attached hydrogen (secondary N) is 2. The predicted octanol–water partition coefficient (Wildman–Crippen LogP) is 2.94. The van der Waals surface area contributed by atoms with Gasteiger partial charge in [-0.25, -0.2) is 4.39 Å². The van der Waals surface area contributed by atoms with Crippen LogP contribution in [0, 0.1) is 11.2 Å². The highest BCUT2D eigenvalue weighted by Gasteiger charge is 2.34. The molecule has 37 heavy (non-hydrogen) atoms. The summed E-state index contributed by atoms with van der Waals surface area (Å²) >= 11 is 0. The van der Waals surface area contributed by atoms with Gasteiger partial charge < -0.3 is 20.6 Å². The second-order valence-electron chi connectivity index (χ2n) is 10.8. The maximum absolute atomic E-state index is 13.4. The fourth-order valence-electron chi connectivity index (χ4n) is 4.70. The van der Waals surface area contributed by atoms with Crippen LogP contribution in [0.2, 0.25) is 0 Å². The lowest BCUT2D eigenvalue weighted by molar-refractivity contribution is -0.125. The Morgan fingerprint density at radius 3 is 2.43 bits per heavy atom. The van der Waals surface area contributed by atoms with E-state index >= 15 is 0 Å². The van der Waals surface area contributed by atoms with Crippen LogP contribution in [0.3, 0.4) is 0 Å². The number of benzene rings is 2. The second-order valence-corrected chi connectivity index (χ2v) is 10.8. The fourth-order valence-corrected chi connectivity index (χ4v) is 4.70. The normalized spacial score (nSPS) is 16.0. The van der Waals surface area contributed by atoms with Crippen LogP contribution in [0.5, 0.6) is 0 Å². The molecule has 3 N–H and O–H groups in total. The minimum absolute atomic E-state index is 0.118. The second kappa shape index (κ2) is 11.4. The van der Waals surface area contributed by atoms with Crippen LogP contribution in [0.25, 0.3) is 10.9 Å². The van der Waals surface area contributed by atoms with Gasteiger partial charge in [0, 0.05) is 18.5 Å². The van der Waals surface area contributed by atoms with Crippen LogP contribution in [0.1, 0.15) is 49.7 Å². The van der Waals surface area contributed by atoms with Crippen molar-refractivity contribution < 1.29 is 19.1 Å². The summed E-state index contributed by atoms with van der Waals surface area (Å²) in [6, 6.07) is 12.7. The molecule has 4 rings (SSSR count). The molecule has 8 nitrogen and oxygen atoms in total. The first-order chi connectivity index (χ1) is 17.6. The largest absolute Gasteiger partial charge is 0.390 e. The van der Waals surface area contributed by atoms with Crippen LogP contribution >= 0.6 is 0 Å². The Bertz CT molecular complexity index is 1230. The third kappa shape index (κ3) is 6.72. The minimum atomic E-state index is -0.833. The van der Waals surface area contributed by atoms with Gasteiger partial charge in [-0.1, -0.05) is 51.1 Å². The van der Waals surface area contributed by atoms with Gasteiger partial charge in [0.25, 0.3) is 5.91 Å². The number of halogens is 1. The molecule has 0 spiro atoms. The molecule has 1 saturated heterocycles. The van der Waals surface area contributed by atoms with Crippen molar-refractivity contribution in [1.82, 2.24) is 25.3 Å². The zero-order chi connectivity index (χ0) is 26.6. The smallest absolute Gasteiger partial charge is 0.273 e. The van der Waals surface area contributed by atoms with Gasteiger partial charge in [-0.3, -0.25) is 14.3 Å². The summed E-state index contributed by atoms with van der Waals surface area (Å²) in [5.41, 5.74) is 1.25. The Morgan fingerprint density at radius 2 is 1.76 bits per heavy atom. The lowest BCUT2D eigenvalue weighted by atomic mass is 9.86. The van der Waals surface area contributed by atoms with Gasteiger partial charge in [-0.05, 0) is 55.1 Å². The third-order valence-electron chi connectivity index (χ3n) is 6.70. The van der Waals surface area contributed by atoms with Crippen molar-refractivity contribution in [3.05, 3.63) is 65.6 Å². The molecule has 0 saturated carbocycles. The summed E-state index contributed by atoms with van der Waals surface area (Å²) in [6.07, 6.45) is 1.58. The van der Waals surface area contributed by atoms with Crippen molar-refractivity contribution in [2.75, 3.05) is 26.2 Å². The molecule has 2 atom stereocenters. The first-order valence-electron chi connectivity index (χ1n) is 12.8. The van der Waals surface area contributed by atoms with E-state index in [1.807, 2.05) is 45.0 Å². The number of hydrogen-bond donors (Lipinski definition) is 3. The summed E-state index contributed by atoms with van der Waals surface area (Å²) < 4.78 is 15.0. The lowest BCUT2D eigenvalue weighted by Crippen LogP contribution is -2.55. The number of aromatic nitrogens is 2. The number of rotatable bonds is 9. The van der Waals surface area contributed by atoms with Crippen LogP contribution in [-0.2, 0) is 11.3 Å². The topological polar surface area (TPSA) is 99.5 Å². The molecule has 2 aromatic carbocycles. The summed E-state index contributed by atoms with van der Waals surface area (Å²) in [5, 5.41) is 21.3. The Kier molecular flexibility index (Phi) is 8.24. The van der Waals surface area contributed by atoms with Crippen molar-refractivity contribution in [2.45, 2.75) is 52.3 Å². The van der Waals surface area contributed by atoms with Crippen molar-refractivity contribution in [1.29, 1.82) is 0 Å². The number of carbonyl (C=O) groups is 2. The molecule has 9 heteroatoms. The van der Waals surface area contributed by atoms with E-state index in [0.29, 0.717) is 18.5 Å². The van der Waals surface area contributed by atoms with E-state index in [1.54, 1.807) is 16.8 Å². The number of aliphatic hydroxyl groups excluding tert-OH is 1. The Balaban J connectivity index is 1.48. The average molecular weight is 510 g/mol. The summed E-state index contributed by atoms with van der Waals surface area (Å²) in [4.78, 5) is 28.7. The number of β-amino-alcohol motifs (C(OH)–C–C–N with tert-alkyl or cyclic N) is 1. The van der Waals surface area contributed by atoms with E-state index in [2.05, 4.69) is 20.6 Å². The Hall–Kier alpha value is -3.30. The maximum atomic E-state index is 13.4. The number of likely N-dealkylation sites (tertiary alicyclic amines) is 1. The molecule has 198 valence electrons. The average Bonchev–Trinajstić information content (AvgIpc) is 3.50. The highest BCUT2D eigenvalue weighted by Crippen LogP contribution is 2.23. The number of fused-ring (bicyclic) bond motifs is 1. The molecule has 1 fully saturated rings. The summed E-state index contributed by atoms with van der Waals surface area (Å²) in [5.74, 6) is -1.12. The number of aliphatic hydroxyl groups is 1. The molecule has 0 radical (unpaired) electrons. The number of hydrogen-bond acceptors (Lipinski definition) is 5. The molecule has 1 aliphatic heterocycles. The number of para-hydroxylation sites is 1. The monoisotopic (exact) mass is 509 g/mol. The van der Waals surface area contributed by atoms with Crippen LogP contribution in [-0.4, -0.2) is 69.9 Å². The van der Waals surface area contributed by atoms with Crippen LogP contribution in [0.4, 0.5) is 4.39 Å². The minimum Gasteiger partial charge on any atom is -0.390 e.